The molecule has 28 heavy (non-hydrogen) atoms. The average molecular weight is 397 g/mol. The summed E-state index contributed by atoms with van der Waals surface area (Å²) in [7, 11) is 0. The van der Waals surface area contributed by atoms with Crippen LogP contribution >= 0.6 is 11.6 Å². The second kappa shape index (κ2) is 7.56. The largest absolute Gasteiger partial charge is 0.351 e. The number of nitrogens with one attached hydrogen (secondary N) is 2. The van der Waals surface area contributed by atoms with Crippen LogP contribution in [0.2, 0.25) is 5.02 Å². The van der Waals surface area contributed by atoms with E-state index in [0.717, 1.165) is 22.2 Å². The predicted octanol–water partition coefficient (Wildman–Crippen LogP) is 4.12. The van der Waals surface area contributed by atoms with E-state index in [2.05, 4.69) is 10.3 Å². The smallest absolute Gasteiger partial charge is 0.321 e. The quantitative estimate of drug-likeness (QED) is 0.684. The number of carbonyl (C=O) groups is 2. The number of urea groups is 1. The first-order valence-corrected chi connectivity index (χ1v) is 9.57. The van der Waals surface area contributed by atoms with Gasteiger partial charge < -0.3 is 20.1 Å². The average Bonchev–Trinajstić information content (AvgIpc) is 3.12. The molecule has 4 rings (SSSR count). The number of halogens is 1. The minimum atomic E-state index is -0.142. The highest BCUT2D eigenvalue weighted by Crippen LogP contribution is 2.21. The molecule has 0 bridgehead atoms. The zero-order chi connectivity index (χ0) is 19.7. The predicted molar refractivity (Wildman–Crippen MR) is 111 cm³/mol. The molecule has 1 aliphatic rings. The second-order valence-electron chi connectivity index (χ2n) is 6.99. The SMILES string of the molecule is Cc1ccc(NC(=O)N2CCN(C(=O)c3cc4cc(Cl)ccc4[nH]3)CC2)cc1. The van der Waals surface area contributed by atoms with Crippen LogP contribution in [0.1, 0.15) is 16.1 Å². The van der Waals surface area contributed by atoms with Crippen molar-refractivity contribution in [3.63, 3.8) is 0 Å². The summed E-state index contributed by atoms with van der Waals surface area (Å²) in [4.78, 5) is 31.9. The Labute approximate surface area is 168 Å². The first kappa shape index (κ1) is 18.4. The van der Waals surface area contributed by atoms with Crippen molar-refractivity contribution in [3.8, 4) is 0 Å². The highest BCUT2D eigenvalue weighted by Gasteiger charge is 2.25. The van der Waals surface area contributed by atoms with E-state index in [1.807, 2.05) is 49.4 Å². The number of hydrogen-bond acceptors (Lipinski definition) is 2. The highest BCUT2D eigenvalue weighted by atomic mass is 35.5. The third-order valence-corrected chi connectivity index (χ3v) is 5.21. The van der Waals surface area contributed by atoms with Crippen LogP contribution in [0.5, 0.6) is 0 Å². The Balaban J connectivity index is 1.36. The van der Waals surface area contributed by atoms with Crippen molar-refractivity contribution in [2.24, 2.45) is 0 Å². The van der Waals surface area contributed by atoms with Gasteiger partial charge in [-0.05, 0) is 43.3 Å². The highest BCUT2D eigenvalue weighted by molar-refractivity contribution is 6.31. The number of aryl methyl sites for hydroxylation is 1. The van der Waals surface area contributed by atoms with Gasteiger partial charge in [0, 0.05) is 47.8 Å². The Morgan fingerprint density at radius 3 is 2.36 bits per heavy atom. The molecule has 0 unspecified atom stereocenters. The Bertz CT molecular complexity index is 1020. The van der Waals surface area contributed by atoms with Crippen LogP contribution < -0.4 is 5.32 Å². The molecule has 0 aliphatic carbocycles. The molecular weight excluding hydrogens is 376 g/mol. The molecule has 0 spiro atoms. The molecular formula is C21H21ClN4O2. The summed E-state index contributed by atoms with van der Waals surface area (Å²) < 4.78 is 0. The molecule has 0 atom stereocenters. The number of nitrogens with zero attached hydrogens (tertiary/aromatic N) is 2. The van der Waals surface area contributed by atoms with E-state index >= 15 is 0 Å². The lowest BCUT2D eigenvalue weighted by Crippen LogP contribution is -2.51. The molecule has 0 saturated carbocycles. The maximum Gasteiger partial charge on any atom is 0.321 e. The van der Waals surface area contributed by atoms with E-state index in [4.69, 9.17) is 11.6 Å². The molecule has 6 nitrogen and oxygen atoms in total. The van der Waals surface area contributed by atoms with Gasteiger partial charge in [0.05, 0.1) is 0 Å². The summed E-state index contributed by atoms with van der Waals surface area (Å²) >= 11 is 6.01. The second-order valence-corrected chi connectivity index (χ2v) is 7.43. The first-order valence-electron chi connectivity index (χ1n) is 9.20. The molecule has 1 fully saturated rings. The molecule has 1 saturated heterocycles. The van der Waals surface area contributed by atoms with Crippen molar-refractivity contribution < 1.29 is 9.59 Å². The lowest BCUT2D eigenvalue weighted by Gasteiger charge is -2.34. The number of amides is 3. The summed E-state index contributed by atoms with van der Waals surface area (Å²) in [5.41, 5.74) is 3.33. The van der Waals surface area contributed by atoms with Crippen LogP contribution in [0.25, 0.3) is 10.9 Å². The summed E-state index contributed by atoms with van der Waals surface area (Å²) in [5, 5.41) is 4.45. The summed E-state index contributed by atoms with van der Waals surface area (Å²) in [6.07, 6.45) is 0. The Morgan fingerprint density at radius 2 is 1.64 bits per heavy atom. The van der Waals surface area contributed by atoms with Crippen LogP contribution in [0.15, 0.2) is 48.5 Å². The van der Waals surface area contributed by atoms with Gasteiger partial charge in [-0.25, -0.2) is 4.79 Å². The van der Waals surface area contributed by atoms with Crippen molar-refractivity contribution in [2.45, 2.75) is 6.92 Å². The molecule has 2 N–H and O–H groups in total. The third kappa shape index (κ3) is 3.82. The summed E-state index contributed by atoms with van der Waals surface area (Å²) in [6, 6.07) is 14.8. The number of anilines is 1. The number of aromatic nitrogens is 1. The molecule has 2 heterocycles. The molecule has 2 aromatic carbocycles. The van der Waals surface area contributed by atoms with Gasteiger partial charge in [-0.3, -0.25) is 4.79 Å². The molecule has 0 radical (unpaired) electrons. The number of hydrogen-bond donors (Lipinski definition) is 2. The Kier molecular flexibility index (Phi) is 4.96. The number of aromatic amines is 1. The topological polar surface area (TPSA) is 68.4 Å². The van der Waals surface area contributed by atoms with Gasteiger partial charge in [-0.15, -0.1) is 0 Å². The lowest BCUT2D eigenvalue weighted by atomic mass is 10.2. The summed E-state index contributed by atoms with van der Waals surface area (Å²) in [6.45, 7) is 3.99. The van der Waals surface area contributed by atoms with Crippen molar-refractivity contribution in [2.75, 3.05) is 31.5 Å². The van der Waals surface area contributed by atoms with Gasteiger partial charge >= 0.3 is 6.03 Å². The summed E-state index contributed by atoms with van der Waals surface area (Å²) in [5.74, 6) is -0.0640. The molecule has 144 valence electrons. The molecule has 1 aliphatic heterocycles. The van der Waals surface area contributed by atoms with E-state index in [-0.39, 0.29) is 11.9 Å². The number of H-pyrrole nitrogens is 1. The number of fused-ring (bicyclic) bond motifs is 1. The van der Waals surface area contributed by atoms with E-state index in [1.165, 1.54) is 0 Å². The van der Waals surface area contributed by atoms with Crippen molar-refractivity contribution >= 4 is 40.1 Å². The van der Waals surface area contributed by atoms with Crippen LogP contribution in [0, 0.1) is 6.92 Å². The van der Waals surface area contributed by atoms with Crippen molar-refractivity contribution in [1.29, 1.82) is 0 Å². The normalized spacial score (nSPS) is 14.4. The maximum absolute atomic E-state index is 12.8. The molecule has 7 heteroatoms. The minimum absolute atomic E-state index is 0.0640. The van der Waals surface area contributed by atoms with Gasteiger partial charge in [-0.1, -0.05) is 29.3 Å². The molecule has 3 aromatic rings. The number of benzene rings is 2. The van der Waals surface area contributed by atoms with E-state index in [1.54, 1.807) is 15.9 Å². The van der Waals surface area contributed by atoms with Crippen molar-refractivity contribution in [1.82, 2.24) is 14.8 Å². The Morgan fingerprint density at radius 1 is 0.964 bits per heavy atom. The van der Waals surface area contributed by atoms with Gasteiger partial charge in [0.2, 0.25) is 0 Å². The maximum atomic E-state index is 12.8. The standard InChI is InChI=1S/C21H21ClN4O2/c1-14-2-5-17(6-3-14)23-21(28)26-10-8-25(9-11-26)20(27)19-13-15-12-16(22)4-7-18(15)24-19/h2-7,12-13,24H,8-11H2,1H3,(H,23,28). The fraction of sp³-hybridized carbons (Fsp3) is 0.238. The van der Waals surface area contributed by atoms with E-state index < -0.39 is 0 Å². The molecule has 3 amide bonds. The van der Waals surface area contributed by atoms with Crippen LogP contribution in [-0.2, 0) is 0 Å². The zero-order valence-electron chi connectivity index (χ0n) is 15.5. The van der Waals surface area contributed by atoms with Gasteiger partial charge in [0.25, 0.3) is 5.91 Å². The van der Waals surface area contributed by atoms with Gasteiger partial charge in [-0.2, -0.15) is 0 Å². The molecule has 1 aromatic heterocycles. The minimum Gasteiger partial charge on any atom is -0.351 e. The van der Waals surface area contributed by atoms with Crippen LogP contribution in [0.4, 0.5) is 10.5 Å². The Hall–Kier alpha value is -2.99. The zero-order valence-corrected chi connectivity index (χ0v) is 16.3. The third-order valence-electron chi connectivity index (χ3n) is 4.97. The van der Waals surface area contributed by atoms with Gasteiger partial charge in [0.1, 0.15) is 5.69 Å². The van der Waals surface area contributed by atoms with Gasteiger partial charge in [0.15, 0.2) is 0 Å². The monoisotopic (exact) mass is 396 g/mol. The lowest BCUT2D eigenvalue weighted by molar-refractivity contribution is 0.0667. The first-order chi connectivity index (χ1) is 13.5. The van der Waals surface area contributed by atoms with E-state index in [9.17, 15) is 9.59 Å². The van der Waals surface area contributed by atoms with Crippen molar-refractivity contribution in [3.05, 3.63) is 64.8 Å². The van der Waals surface area contributed by atoms with Crippen LogP contribution in [-0.4, -0.2) is 52.9 Å². The fourth-order valence-corrected chi connectivity index (χ4v) is 3.52. The number of piperazine rings is 1. The van der Waals surface area contributed by atoms with Crippen LogP contribution in [0.3, 0.4) is 0 Å². The fourth-order valence-electron chi connectivity index (χ4n) is 3.34. The van der Waals surface area contributed by atoms with E-state index in [0.29, 0.717) is 36.9 Å². The number of rotatable bonds is 2. The number of carbonyl (C=O) groups excluding carboxylic acids is 2.